The van der Waals surface area contributed by atoms with E-state index in [1.54, 1.807) is 24.4 Å². The van der Waals surface area contributed by atoms with Crippen LogP contribution in [0.4, 0.5) is 4.39 Å². The zero-order chi connectivity index (χ0) is 22.1. The number of benzene rings is 1. The van der Waals surface area contributed by atoms with E-state index in [0.717, 1.165) is 5.52 Å². The highest BCUT2D eigenvalue weighted by atomic mass is 19.1. The standard InChI is InChI=1S/C22H19FN8O/c23-17-4-2-1-3-16(17)22-29-19-10-25-18(21-26-11-28-30-21)8-20(19)31(22)15-6-13(9-24)5-14(7-15)27-12-32/h1-4,8,10-15H,5-7H2,(H,27,32)(H,26,28,30). The molecule has 1 fully saturated rings. The summed E-state index contributed by atoms with van der Waals surface area (Å²) < 4.78 is 16.8. The van der Waals surface area contributed by atoms with Crippen LogP contribution < -0.4 is 5.32 Å². The van der Waals surface area contributed by atoms with Crippen LogP contribution in [0.5, 0.6) is 0 Å². The first kappa shape index (κ1) is 19.8. The minimum Gasteiger partial charge on any atom is -0.356 e. The molecule has 9 nitrogen and oxygen atoms in total. The number of carbonyl (C=O) groups excluding carboxylic acids is 1. The second-order valence-electron chi connectivity index (χ2n) is 7.85. The largest absolute Gasteiger partial charge is 0.356 e. The molecule has 4 aromatic rings. The molecular weight excluding hydrogens is 411 g/mol. The Labute approximate surface area is 182 Å². The highest BCUT2D eigenvalue weighted by Gasteiger charge is 2.33. The summed E-state index contributed by atoms with van der Waals surface area (Å²) in [5.41, 5.74) is 2.29. The fraction of sp³-hybridized carbons (Fsp3) is 0.273. The fourth-order valence-electron chi connectivity index (χ4n) is 4.50. The smallest absolute Gasteiger partial charge is 0.207 e. The quantitative estimate of drug-likeness (QED) is 0.469. The molecule has 3 heterocycles. The lowest BCUT2D eigenvalue weighted by atomic mass is 9.83. The molecule has 0 saturated heterocycles. The van der Waals surface area contributed by atoms with E-state index in [4.69, 9.17) is 4.98 Å². The second kappa shape index (κ2) is 8.19. The van der Waals surface area contributed by atoms with Crippen LogP contribution >= 0.6 is 0 Å². The van der Waals surface area contributed by atoms with Crippen LogP contribution in [0.25, 0.3) is 33.9 Å². The van der Waals surface area contributed by atoms with Gasteiger partial charge in [0.05, 0.1) is 29.3 Å². The van der Waals surface area contributed by atoms with Gasteiger partial charge in [-0.2, -0.15) is 10.4 Å². The average Bonchev–Trinajstić information content (AvgIpc) is 3.47. The lowest BCUT2D eigenvalue weighted by Gasteiger charge is -2.33. The van der Waals surface area contributed by atoms with Crippen molar-refractivity contribution in [2.75, 3.05) is 0 Å². The third-order valence-electron chi connectivity index (χ3n) is 5.88. The number of hydrogen-bond acceptors (Lipinski definition) is 6. The Bertz CT molecular complexity index is 1310. The van der Waals surface area contributed by atoms with Crippen molar-refractivity contribution in [3.05, 3.63) is 48.7 Å². The normalized spacial score (nSPS) is 20.7. The van der Waals surface area contributed by atoms with Crippen LogP contribution in [0.15, 0.2) is 42.9 Å². The van der Waals surface area contributed by atoms with E-state index in [9.17, 15) is 14.4 Å². The number of aromatic nitrogens is 6. The Morgan fingerprint density at radius 3 is 2.88 bits per heavy atom. The van der Waals surface area contributed by atoms with Crippen molar-refractivity contribution in [3.8, 4) is 29.0 Å². The van der Waals surface area contributed by atoms with Gasteiger partial charge in [0.15, 0.2) is 5.82 Å². The van der Waals surface area contributed by atoms with Gasteiger partial charge in [0.2, 0.25) is 6.41 Å². The van der Waals surface area contributed by atoms with E-state index in [1.165, 1.54) is 12.4 Å². The zero-order valence-corrected chi connectivity index (χ0v) is 16.9. The fourth-order valence-corrected chi connectivity index (χ4v) is 4.50. The maximum absolute atomic E-state index is 14.8. The minimum absolute atomic E-state index is 0.155. The van der Waals surface area contributed by atoms with Crippen molar-refractivity contribution in [1.82, 2.24) is 35.0 Å². The molecular formula is C22H19FN8O. The van der Waals surface area contributed by atoms with Crippen LogP contribution in [-0.4, -0.2) is 42.2 Å². The number of fused-ring (bicyclic) bond motifs is 1. The van der Waals surface area contributed by atoms with Crippen molar-refractivity contribution in [3.63, 3.8) is 0 Å². The first-order chi connectivity index (χ1) is 15.7. The summed E-state index contributed by atoms with van der Waals surface area (Å²) in [6.07, 6.45) is 5.44. The van der Waals surface area contributed by atoms with E-state index < -0.39 is 0 Å². The van der Waals surface area contributed by atoms with Crippen molar-refractivity contribution in [2.45, 2.75) is 31.3 Å². The number of halogens is 1. The number of amides is 1. The lowest BCUT2D eigenvalue weighted by Crippen LogP contribution is -2.37. The second-order valence-corrected chi connectivity index (χ2v) is 7.85. The van der Waals surface area contributed by atoms with Gasteiger partial charge in [-0.05, 0) is 37.5 Å². The predicted octanol–water partition coefficient (Wildman–Crippen LogP) is 3.00. The molecule has 0 radical (unpaired) electrons. The molecule has 2 N–H and O–H groups in total. The van der Waals surface area contributed by atoms with Crippen molar-refractivity contribution < 1.29 is 9.18 Å². The molecule has 0 spiro atoms. The Morgan fingerprint density at radius 1 is 1.25 bits per heavy atom. The number of nitriles is 1. The average molecular weight is 430 g/mol. The number of rotatable bonds is 5. The van der Waals surface area contributed by atoms with Crippen LogP contribution in [0.1, 0.15) is 25.3 Å². The third kappa shape index (κ3) is 3.47. The molecule has 3 atom stereocenters. The maximum atomic E-state index is 14.8. The van der Waals surface area contributed by atoms with Gasteiger partial charge in [-0.15, -0.1) is 0 Å². The number of carbonyl (C=O) groups is 1. The van der Waals surface area contributed by atoms with Crippen LogP contribution in [0, 0.1) is 23.1 Å². The Balaban J connectivity index is 1.71. The first-order valence-corrected chi connectivity index (χ1v) is 10.3. The van der Waals surface area contributed by atoms with Crippen LogP contribution in [0.3, 0.4) is 0 Å². The van der Waals surface area contributed by atoms with Gasteiger partial charge in [-0.1, -0.05) is 12.1 Å². The van der Waals surface area contributed by atoms with Gasteiger partial charge < -0.3 is 9.88 Å². The molecule has 3 unspecified atom stereocenters. The summed E-state index contributed by atoms with van der Waals surface area (Å²) in [7, 11) is 0. The summed E-state index contributed by atoms with van der Waals surface area (Å²) in [6.45, 7) is 0. The molecule has 3 aromatic heterocycles. The number of imidazole rings is 1. The monoisotopic (exact) mass is 430 g/mol. The lowest BCUT2D eigenvalue weighted by molar-refractivity contribution is -0.110. The number of nitrogens with one attached hydrogen (secondary N) is 2. The van der Waals surface area contributed by atoms with E-state index >= 15 is 0 Å². The van der Waals surface area contributed by atoms with E-state index in [2.05, 4.69) is 31.6 Å². The molecule has 1 saturated carbocycles. The minimum atomic E-state index is -0.386. The van der Waals surface area contributed by atoms with E-state index in [-0.39, 0.29) is 23.8 Å². The molecule has 1 aliphatic rings. The number of nitrogens with zero attached hydrogens (tertiary/aromatic N) is 6. The van der Waals surface area contributed by atoms with Crippen molar-refractivity contribution >= 4 is 17.4 Å². The number of H-pyrrole nitrogens is 1. The molecule has 1 amide bonds. The molecule has 1 aromatic carbocycles. The summed E-state index contributed by atoms with van der Waals surface area (Å²) >= 11 is 0. The molecule has 0 bridgehead atoms. The van der Waals surface area contributed by atoms with Gasteiger partial charge >= 0.3 is 0 Å². The molecule has 32 heavy (non-hydrogen) atoms. The summed E-state index contributed by atoms with van der Waals surface area (Å²) in [5.74, 6) is 0.338. The van der Waals surface area contributed by atoms with Crippen LogP contribution in [-0.2, 0) is 4.79 Å². The topological polar surface area (TPSA) is 125 Å². The van der Waals surface area contributed by atoms with Gasteiger partial charge in [0.25, 0.3) is 0 Å². The summed E-state index contributed by atoms with van der Waals surface area (Å²) in [4.78, 5) is 24.4. The molecule has 0 aliphatic heterocycles. The highest BCUT2D eigenvalue weighted by molar-refractivity contribution is 5.83. The van der Waals surface area contributed by atoms with E-state index in [1.807, 2.05) is 10.6 Å². The first-order valence-electron chi connectivity index (χ1n) is 10.3. The number of aromatic amines is 1. The molecule has 160 valence electrons. The highest BCUT2D eigenvalue weighted by Crippen LogP contribution is 2.39. The number of pyridine rings is 1. The van der Waals surface area contributed by atoms with Gasteiger partial charge in [-0.25, -0.2) is 14.4 Å². The van der Waals surface area contributed by atoms with Gasteiger partial charge in [0.1, 0.15) is 29.2 Å². The van der Waals surface area contributed by atoms with Crippen molar-refractivity contribution in [2.24, 2.45) is 5.92 Å². The molecule has 10 heteroatoms. The SMILES string of the molecule is N#CC1CC(NC=O)CC(n2c(-c3ccccc3F)nc3cnc(-c4ncn[nH]4)cc32)C1. The van der Waals surface area contributed by atoms with Gasteiger partial charge in [0, 0.05) is 12.1 Å². The predicted molar refractivity (Wildman–Crippen MR) is 113 cm³/mol. The maximum Gasteiger partial charge on any atom is 0.207 e. The zero-order valence-electron chi connectivity index (χ0n) is 16.9. The Morgan fingerprint density at radius 2 is 2.12 bits per heavy atom. The van der Waals surface area contributed by atoms with Crippen LogP contribution in [0.2, 0.25) is 0 Å². The molecule has 1 aliphatic carbocycles. The number of hydrogen-bond donors (Lipinski definition) is 2. The Hall–Kier alpha value is -4.13. The summed E-state index contributed by atoms with van der Waals surface area (Å²) in [6, 6.07) is 10.3. The Kier molecular flexibility index (Phi) is 5.07. The summed E-state index contributed by atoms with van der Waals surface area (Å²) in [5, 5.41) is 19.1. The molecule has 5 rings (SSSR count). The third-order valence-corrected chi connectivity index (χ3v) is 5.88. The van der Waals surface area contributed by atoms with E-state index in [0.29, 0.717) is 54.1 Å². The van der Waals surface area contributed by atoms with Gasteiger partial charge in [-0.3, -0.25) is 14.9 Å². The van der Waals surface area contributed by atoms with Crippen molar-refractivity contribution in [1.29, 1.82) is 5.26 Å².